The van der Waals surface area contributed by atoms with E-state index in [0.29, 0.717) is 17.1 Å². The van der Waals surface area contributed by atoms with Crippen molar-refractivity contribution in [2.45, 2.75) is 25.6 Å². The first-order valence-electron chi connectivity index (χ1n) is 6.51. The van der Waals surface area contributed by atoms with Crippen molar-refractivity contribution in [3.8, 4) is 11.3 Å². The van der Waals surface area contributed by atoms with Crippen molar-refractivity contribution < 1.29 is 17.6 Å². The molecule has 2 nitrogen and oxygen atoms in total. The highest BCUT2D eigenvalue weighted by atomic mass is 35.5. The molecular weight excluding hydrogens is 303 g/mol. The highest BCUT2D eigenvalue weighted by Gasteiger charge is 2.33. The zero-order chi connectivity index (χ0) is 15.6. The van der Waals surface area contributed by atoms with Crippen LogP contribution in [-0.2, 0) is 6.18 Å². The van der Waals surface area contributed by atoms with Crippen molar-refractivity contribution in [2.24, 2.45) is 0 Å². The van der Waals surface area contributed by atoms with Crippen LogP contribution in [-0.4, -0.2) is 7.05 Å². The van der Waals surface area contributed by atoms with Crippen molar-refractivity contribution in [1.82, 2.24) is 5.32 Å². The zero-order valence-corrected chi connectivity index (χ0v) is 12.3. The van der Waals surface area contributed by atoms with Crippen LogP contribution >= 0.6 is 11.6 Å². The van der Waals surface area contributed by atoms with Crippen molar-refractivity contribution >= 4 is 11.6 Å². The number of nitrogens with one attached hydrogen (secondary N) is 1. The third-order valence-corrected chi connectivity index (χ3v) is 3.61. The van der Waals surface area contributed by atoms with Crippen LogP contribution in [0.1, 0.15) is 30.7 Å². The molecule has 21 heavy (non-hydrogen) atoms. The van der Waals surface area contributed by atoms with E-state index >= 15 is 0 Å². The molecule has 6 heteroatoms. The van der Waals surface area contributed by atoms with E-state index in [1.807, 2.05) is 6.92 Å². The molecular formula is C15H15ClF3NO. The molecule has 0 fully saturated rings. The summed E-state index contributed by atoms with van der Waals surface area (Å²) >= 11 is 5.61. The molecule has 1 aromatic heterocycles. The number of rotatable bonds is 4. The Kier molecular flexibility index (Phi) is 4.64. The van der Waals surface area contributed by atoms with Gasteiger partial charge < -0.3 is 9.73 Å². The minimum absolute atomic E-state index is 0.0353. The van der Waals surface area contributed by atoms with Crippen LogP contribution in [0.4, 0.5) is 13.2 Å². The lowest BCUT2D eigenvalue weighted by atomic mass is 10.1. The summed E-state index contributed by atoms with van der Waals surface area (Å²) in [6.45, 7) is 1.99. The van der Waals surface area contributed by atoms with E-state index in [9.17, 15) is 13.2 Å². The van der Waals surface area contributed by atoms with Gasteiger partial charge in [0.05, 0.1) is 16.6 Å². The van der Waals surface area contributed by atoms with Crippen LogP contribution in [0.5, 0.6) is 0 Å². The van der Waals surface area contributed by atoms with E-state index in [-0.39, 0.29) is 11.1 Å². The molecule has 0 saturated heterocycles. The lowest BCUT2D eigenvalue weighted by molar-refractivity contribution is -0.137. The smallest absolute Gasteiger partial charge is 0.417 e. The van der Waals surface area contributed by atoms with E-state index in [1.54, 1.807) is 19.2 Å². The summed E-state index contributed by atoms with van der Waals surface area (Å²) in [5.74, 6) is 1.08. The SMILES string of the molecule is CCC(NC)c1ccc(-c2ccc(Cl)c(C(F)(F)F)c2)o1. The van der Waals surface area contributed by atoms with E-state index < -0.39 is 11.7 Å². The van der Waals surface area contributed by atoms with Gasteiger partial charge in [-0.15, -0.1) is 0 Å². The van der Waals surface area contributed by atoms with Gasteiger partial charge >= 0.3 is 6.18 Å². The third-order valence-electron chi connectivity index (χ3n) is 3.28. The molecule has 0 aliphatic rings. The minimum atomic E-state index is -4.49. The number of hydrogen-bond acceptors (Lipinski definition) is 2. The molecule has 0 spiro atoms. The fourth-order valence-corrected chi connectivity index (χ4v) is 2.36. The Labute approximate surface area is 125 Å². The van der Waals surface area contributed by atoms with Gasteiger partial charge in [0.1, 0.15) is 11.5 Å². The van der Waals surface area contributed by atoms with Crippen molar-refractivity contribution in [3.63, 3.8) is 0 Å². The number of hydrogen-bond donors (Lipinski definition) is 1. The lowest BCUT2D eigenvalue weighted by Crippen LogP contribution is -2.14. The predicted molar refractivity (Wildman–Crippen MR) is 76.2 cm³/mol. The van der Waals surface area contributed by atoms with Crippen LogP contribution in [0, 0.1) is 0 Å². The first-order valence-corrected chi connectivity index (χ1v) is 6.88. The number of benzene rings is 1. The van der Waals surface area contributed by atoms with Crippen LogP contribution in [0.25, 0.3) is 11.3 Å². The summed E-state index contributed by atoms with van der Waals surface area (Å²) in [6.07, 6.45) is -3.67. The van der Waals surface area contributed by atoms with E-state index in [4.69, 9.17) is 16.0 Å². The largest absolute Gasteiger partial charge is 0.459 e. The molecule has 1 aromatic carbocycles. The van der Waals surface area contributed by atoms with Gasteiger partial charge in [-0.3, -0.25) is 0 Å². The second kappa shape index (κ2) is 6.12. The predicted octanol–water partition coefficient (Wildman–Crippen LogP) is 5.29. The fraction of sp³-hybridized carbons (Fsp3) is 0.333. The molecule has 1 heterocycles. The summed E-state index contributed by atoms with van der Waals surface area (Å²) in [6, 6.07) is 7.22. The second-order valence-corrected chi connectivity index (χ2v) is 5.05. The highest BCUT2D eigenvalue weighted by molar-refractivity contribution is 6.31. The monoisotopic (exact) mass is 317 g/mol. The second-order valence-electron chi connectivity index (χ2n) is 4.64. The summed E-state index contributed by atoms with van der Waals surface area (Å²) < 4.78 is 44.2. The Balaban J connectivity index is 2.39. The van der Waals surface area contributed by atoms with Crippen molar-refractivity contribution in [1.29, 1.82) is 0 Å². The normalized spacial score (nSPS) is 13.4. The van der Waals surface area contributed by atoms with Crippen LogP contribution < -0.4 is 5.32 Å². The molecule has 0 bridgehead atoms. The first-order chi connectivity index (χ1) is 9.86. The topological polar surface area (TPSA) is 25.2 Å². The van der Waals surface area contributed by atoms with Crippen LogP contribution in [0.2, 0.25) is 5.02 Å². The van der Waals surface area contributed by atoms with Gasteiger partial charge in [0.15, 0.2) is 0 Å². The summed E-state index contributed by atoms with van der Waals surface area (Å²) in [5, 5.41) is 2.76. The number of furan rings is 1. The molecule has 0 amide bonds. The molecule has 114 valence electrons. The lowest BCUT2D eigenvalue weighted by Gasteiger charge is -2.11. The van der Waals surface area contributed by atoms with E-state index in [0.717, 1.165) is 12.5 Å². The number of alkyl halides is 3. The molecule has 0 saturated carbocycles. The molecule has 1 N–H and O–H groups in total. The molecule has 1 unspecified atom stereocenters. The Morgan fingerprint density at radius 2 is 1.95 bits per heavy atom. The minimum Gasteiger partial charge on any atom is -0.459 e. The Bertz CT molecular complexity index is 618. The van der Waals surface area contributed by atoms with Crippen molar-refractivity contribution in [3.05, 3.63) is 46.7 Å². The molecule has 0 aliphatic heterocycles. The molecule has 2 rings (SSSR count). The van der Waals surface area contributed by atoms with Gasteiger partial charge in [0.25, 0.3) is 0 Å². The summed E-state index contributed by atoms with van der Waals surface area (Å²) in [4.78, 5) is 0. The van der Waals surface area contributed by atoms with Crippen LogP contribution in [0.3, 0.4) is 0 Å². The van der Waals surface area contributed by atoms with Gasteiger partial charge in [0.2, 0.25) is 0 Å². The highest BCUT2D eigenvalue weighted by Crippen LogP contribution is 2.37. The third kappa shape index (κ3) is 3.41. The molecule has 0 radical (unpaired) electrons. The Morgan fingerprint density at radius 1 is 1.24 bits per heavy atom. The fourth-order valence-electron chi connectivity index (χ4n) is 2.14. The maximum absolute atomic E-state index is 12.9. The Morgan fingerprint density at radius 3 is 2.52 bits per heavy atom. The average molecular weight is 318 g/mol. The zero-order valence-electron chi connectivity index (χ0n) is 11.6. The maximum Gasteiger partial charge on any atom is 0.417 e. The van der Waals surface area contributed by atoms with Gasteiger partial charge in [-0.2, -0.15) is 13.2 Å². The van der Waals surface area contributed by atoms with Gasteiger partial charge in [-0.1, -0.05) is 18.5 Å². The van der Waals surface area contributed by atoms with E-state index in [1.165, 1.54) is 12.1 Å². The first kappa shape index (κ1) is 15.9. The molecule has 2 aromatic rings. The van der Waals surface area contributed by atoms with Crippen LogP contribution in [0.15, 0.2) is 34.7 Å². The maximum atomic E-state index is 12.9. The number of halogens is 4. The van der Waals surface area contributed by atoms with Gasteiger partial charge in [-0.05, 0) is 43.8 Å². The average Bonchev–Trinajstić information content (AvgIpc) is 2.89. The molecule has 0 aliphatic carbocycles. The Hall–Kier alpha value is -1.46. The molecule has 1 atom stereocenters. The summed E-state index contributed by atoms with van der Waals surface area (Å²) in [5.41, 5.74) is -0.510. The van der Waals surface area contributed by atoms with Gasteiger partial charge in [-0.25, -0.2) is 0 Å². The quantitative estimate of drug-likeness (QED) is 0.829. The van der Waals surface area contributed by atoms with Crippen molar-refractivity contribution in [2.75, 3.05) is 7.05 Å². The van der Waals surface area contributed by atoms with E-state index in [2.05, 4.69) is 5.32 Å². The summed E-state index contributed by atoms with van der Waals surface area (Å²) in [7, 11) is 1.81. The standard InChI is InChI=1S/C15H15ClF3NO/c1-3-12(20-2)14-7-6-13(21-14)9-4-5-11(16)10(8-9)15(17,18)19/h4-8,12,20H,3H2,1-2H3. The van der Waals surface area contributed by atoms with Gasteiger partial charge in [0, 0.05) is 5.56 Å².